The lowest BCUT2D eigenvalue weighted by Crippen LogP contribution is -2.45. The lowest BCUT2D eigenvalue weighted by molar-refractivity contribution is -0.138. The van der Waals surface area contributed by atoms with Gasteiger partial charge in [-0.15, -0.1) is 0 Å². The summed E-state index contributed by atoms with van der Waals surface area (Å²) in [4.78, 5) is 4.41. The summed E-state index contributed by atoms with van der Waals surface area (Å²) in [5, 5.41) is 11.1. The van der Waals surface area contributed by atoms with Crippen molar-refractivity contribution in [2.75, 3.05) is 38.0 Å². The van der Waals surface area contributed by atoms with Gasteiger partial charge in [0.25, 0.3) is 0 Å². The number of hydrogen-bond donors (Lipinski definition) is 2. The minimum atomic E-state index is -4.42. The van der Waals surface area contributed by atoms with Crippen molar-refractivity contribution in [3.05, 3.63) is 82.6 Å². The van der Waals surface area contributed by atoms with Gasteiger partial charge in [0.05, 0.1) is 5.56 Å². The molecule has 0 bridgehead atoms. The standard InChI is InChI=1S/C30H39F3N4.C2H6/c1-6-36-15-17-37(18-16-36)20-26-13-14-27(19-28(26)30(31,32)33)35-22(4)7-8-24-9-11-25(12-10-24)29(21(2)3)23(5)34;1-2/h9-14,19,34-35H,4,6-8,15-18,20H2,1-3,5H3;1-2H3. The zero-order valence-corrected chi connectivity index (χ0v) is 24.4. The van der Waals surface area contributed by atoms with Crippen LogP contribution in [0.4, 0.5) is 18.9 Å². The van der Waals surface area contributed by atoms with Crippen LogP contribution in [0.1, 0.15) is 70.2 Å². The van der Waals surface area contributed by atoms with E-state index in [1.807, 2.05) is 52.0 Å². The van der Waals surface area contributed by atoms with Gasteiger partial charge in [-0.3, -0.25) is 4.90 Å². The molecule has 3 rings (SSSR count). The summed E-state index contributed by atoms with van der Waals surface area (Å²) in [6.45, 7) is 20.5. The Morgan fingerprint density at radius 1 is 0.949 bits per heavy atom. The van der Waals surface area contributed by atoms with E-state index in [1.165, 1.54) is 6.07 Å². The number of halogens is 3. The van der Waals surface area contributed by atoms with Gasteiger partial charge in [-0.05, 0) is 69.0 Å². The summed E-state index contributed by atoms with van der Waals surface area (Å²) >= 11 is 0. The maximum atomic E-state index is 13.9. The quantitative estimate of drug-likeness (QED) is 0.297. The van der Waals surface area contributed by atoms with Crippen LogP contribution in [-0.4, -0.2) is 48.2 Å². The summed E-state index contributed by atoms with van der Waals surface area (Å²) in [5.41, 5.74) is 5.50. The summed E-state index contributed by atoms with van der Waals surface area (Å²) in [5.74, 6) is 0. The van der Waals surface area contributed by atoms with Gasteiger partial charge in [-0.25, -0.2) is 0 Å². The molecule has 0 atom stereocenters. The monoisotopic (exact) mass is 542 g/mol. The number of nitrogens with one attached hydrogen (secondary N) is 2. The second kappa shape index (κ2) is 15.0. The predicted molar refractivity (Wildman–Crippen MR) is 159 cm³/mol. The van der Waals surface area contributed by atoms with Gasteiger partial charge in [-0.2, -0.15) is 13.2 Å². The smallest absolute Gasteiger partial charge is 0.359 e. The minimum Gasteiger partial charge on any atom is -0.359 e. The molecule has 0 unspecified atom stereocenters. The summed E-state index contributed by atoms with van der Waals surface area (Å²) in [6.07, 6.45) is -3.10. The van der Waals surface area contributed by atoms with Gasteiger partial charge in [-0.1, -0.05) is 63.3 Å². The number of rotatable bonds is 10. The highest BCUT2D eigenvalue weighted by atomic mass is 19.4. The molecule has 1 heterocycles. The molecule has 7 heteroatoms. The molecule has 2 N–H and O–H groups in total. The van der Waals surface area contributed by atoms with Crippen molar-refractivity contribution in [1.82, 2.24) is 9.80 Å². The fraction of sp³-hybridized carbons (Fsp3) is 0.469. The van der Waals surface area contributed by atoms with E-state index in [0.717, 1.165) is 55.0 Å². The molecule has 0 amide bonds. The van der Waals surface area contributed by atoms with Gasteiger partial charge in [0.15, 0.2) is 0 Å². The van der Waals surface area contributed by atoms with Crippen molar-refractivity contribution in [1.29, 1.82) is 5.41 Å². The zero-order valence-electron chi connectivity index (χ0n) is 24.4. The summed E-state index contributed by atoms with van der Waals surface area (Å²) in [7, 11) is 0. The minimum absolute atomic E-state index is 0.301. The fourth-order valence-corrected chi connectivity index (χ4v) is 4.84. The summed E-state index contributed by atoms with van der Waals surface area (Å²) < 4.78 is 41.7. The topological polar surface area (TPSA) is 42.4 Å². The first-order valence-corrected chi connectivity index (χ1v) is 13.9. The molecule has 1 saturated heterocycles. The molecular formula is C32H45F3N4. The number of likely N-dealkylation sites (N-methyl/N-ethyl adjacent to an activating group) is 1. The molecule has 0 aromatic heterocycles. The van der Waals surface area contributed by atoms with Crippen LogP contribution >= 0.6 is 0 Å². The van der Waals surface area contributed by atoms with Gasteiger partial charge >= 0.3 is 6.18 Å². The first-order chi connectivity index (χ1) is 18.5. The average molecular weight is 543 g/mol. The van der Waals surface area contributed by atoms with Crippen molar-refractivity contribution in [2.24, 2.45) is 0 Å². The van der Waals surface area contributed by atoms with Crippen molar-refractivity contribution in [3.63, 3.8) is 0 Å². The Morgan fingerprint density at radius 2 is 1.54 bits per heavy atom. The molecule has 1 fully saturated rings. The highest BCUT2D eigenvalue weighted by molar-refractivity contribution is 6.21. The Labute approximate surface area is 233 Å². The van der Waals surface area contributed by atoms with Crippen LogP contribution in [-0.2, 0) is 19.1 Å². The first kappa shape index (κ1) is 32.3. The predicted octanol–water partition coefficient (Wildman–Crippen LogP) is 8.26. The largest absolute Gasteiger partial charge is 0.416 e. The Kier molecular flexibility index (Phi) is 12.5. The molecule has 0 saturated carbocycles. The molecule has 0 radical (unpaired) electrons. The normalized spacial score (nSPS) is 14.3. The number of allylic oxidation sites excluding steroid dienone is 3. The number of hydrogen-bond acceptors (Lipinski definition) is 4. The van der Waals surface area contributed by atoms with Gasteiger partial charge in [0.1, 0.15) is 0 Å². The Morgan fingerprint density at radius 3 is 2.05 bits per heavy atom. The van der Waals surface area contributed by atoms with Crippen molar-refractivity contribution >= 4 is 17.0 Å². The SMILES string of the molecule is C=C(CCc1ccc(C(C(C)=N)=C(C)C)cc1)Nc1ccc(CN2CCN(CC)CC2)c(C(F)(F)F)c1.CC. The number of nitrogens with zero attached hydrogens (tertiary/aromatic N) is 2. The van der Waals surface area contributed by atoms with E-state index in [2.05, 4.69) is 28.6 Å². The second-order valence-electron chi connectivity index (χ2n) is 10.0. The van der Waals surface area contributed by atoms with Crippen LogP contribution in [0, 0.1) is 5.41 Å². The van der Waals surface area contributed by atoms with E-state index in [1.54, 1.807) is 19.1 Å². The third-order valence-corrected chi connectivity index (χ3v) is 6.88. The average Bonchev–Trinajstić information content (AvgIpc) is 2.90. The van der Waals surface area contributed by atoms with Crippen LogP contribution < -0.4 is 5.32 Å². The van der Waals surface area contributed by atoms with Gasteiger partial charge < -0.3 is 15.6 Å². The number of aryl methyl sites for hydroxylation is 1. The van der Waals surface area contributed by atoms with E-state index >= 15 is 0 Å². The maximum Gasteiger partial charge on any atom is 0.416 e. The molecule has 214 valence electrons. The second-order valence-corrected chi connectivity index (χ2v) is 10.0. The lowest BCUT2D eigenvalue weighted by Gasteiger charge is -2.34. The molecule has 4 nitrogen and oxygen atoms in total. The van der Waals surface area contributed by atoms with E-state index in [4.69, 9.17) is 5.41 Å². The highest BCUT2D eigenvalue weighted by Gasteiger charge is 2.34. The molecule has 39 heavy (non-hydrogen) atoms. The number of anilines is 1. The lowest BCUT2D eigenvalue weighted by atomic mass is 9.96. The van der Waals surface area contributed by atoms with Gasteiger partial charge in [0.2, 0.25) is 0 Å². The number of alkyl halides is 3. The van der Waals surface area contributed by atoms with Crippen LogP contribution in [0.5, 0.6) is 0 Å². The molecule has 0 aliphatic carbocycles. The third kappa shape index (κ3) is 9.66. The Bertz CT molecular complexity index is 1120. The van der Waals surface area contributed by atoms with Crippen LogP contribution in [0.3, 0.4) is 0 Å². The van der Waals surface area contributed by atoms with Crippen molar-refractivity contribution in [3.8, 4) is 0 Å². The molecule has 0 spiro atoms. The molecule has 2 aromatic rings. The Hall–Kier alpha value is -2.90. The van der Waals surface area contributed by atoms with E-state index < -0.39 is 11.7 Å². The summed E-state index contributed by atoms with van der Waals surface area (Å²) in [6, 6.07) is 12.6. The number of piperazine rings is 1. The van der Waals surface area contributed by atoms with Crippen LogP contribution in [0.15, 0.2) is 60.3 Å². The van der Waals surface area contributed by atoms with E-state index in [0.29, 0.717) is 42.0 Å². The molecule has 1 aliphatic rings. The third-order valence-electron chi connectivity index (χ3n) is 6.88. The highest BCUT2D eigenvalue weighted by Crippen LogP contribution is 2.35. The molecule has 1 aliphatic heterocycles. The van der Waals surface area contributed by atoms with Gasteiger partial charge in [0, 0.05) is 55.4 Å². The zero-order chi connectivity index (χ0) is 29.2. The van der Waals surface area contributed by atoms with Crippen molar-refractivity contribution in [2.45, 2.75) is 67.1 Å². The van der Waals surface area contributed by atoms with Crippen LogP contribution in [0.2, 0.25) is 0 Å². The van der Waals surface area contributed by atoms with Crippen LogP contribution in [0.25, 0.3) is 5.57 Å². The molecule has 2 aromatic carbocycles. The Balaban J connectivity index is 0.00000260. The molecular weight excluding hydrogens is 497 g/mol. The van der Waals surface area contributed by atoms with E-state index in [9.17, 15) is 13.2 Å². The number of benzene rings is 2. The van der Waals surface area contributed by atoms with Crippen molar-refractivity contribution < 1.29 is 13.2 Å². The van der Waals surface area contributed by atoms with E-state index in [-0.39, 0.29) is 0 Å². The maximum absolute atomic E-state index is 13.9. The fourth-order valence-electron chi connectivity index (χ4n) is 4.84. The first-order valence-electron chi connectivity index (χ1n) is 13.9.